The highest BCUT2D eigenvalue weighted by molar-refractivity contribution is 5.11. The second-order valence-electron chi connectivity index (χ2n) is 2.21. The van der Waals surface area contributed by atoms with E-state index in [9.17, 15) is 0 Å². The summed E-state index contributed by atoms with van der Waals surface area (Å²) in [5, 5.41) is 0. The molecule has 0 spiro atoms. The fourth-order valence-corrected chi connectivity index (χ4v) is 0.621. The third-order valence-corrected chi connectivity index (χ3v) is 1.17. The van der Waals surface area contributed by atoms with Gasteiger partial charge in [-0.25, -0.2) is 19.9 Å². The predicted molar refractivity (Wildman–Crippen MR) is 52.9 cm³/mol. The third kappa shape index (κ3) is 3.96. The molecule has 0 atom stereocenters. The molecule has 2 aromatic rings. The van der Waals surface area contributed by atoms with Crippen LogP contribution in [0.15, 0.2) is 36.9 Å². The monoisotopic (exact) mass is 190 g/mol. The lowest BCUT2D eigenvalue weighted by molar-refractivity contribution is 1.19. The van der Waals surface area contributed by atoms with E-state index in [4.69, 9.17) is 11.5 Å². The van der Waals surface area contributed by atoms with Gasteiger partial charge in [-0.05, 0) is 12.1 Å². The Labute approximate surface area is 81.1 Å². The Hall–Kier alpha value is -2.24. The molecular weight excluding hydrogens is 180 g/mol. The molecule has 6 heteroatoms. The van der Waals surface area contributed by atoms with Crippen molar-refractivity contribution in [1.82, 2.24) is 19.9 Å². The van der Waals surface area contributed by atoms with Crippen LogP contribution in [-0.2, 0) is 0 Å². The molecule has 0 radical (unpaired) electrons. The summed E-state index contributed by atoms with van der Waals surface area (Å²) in [4.78, 5) is 14.6. The van der Waals surface area contributed by atoms with E-state index in [0.29, 0.717) is 11.9 Å². The van der Waals surface area contributed by atoms with Crippen molar-refractivity contribution in [2.45, 2.75) is 0 Å². The van der Waals surface area contributed by atoms with Crippen molar-refractivity contribution in [2.75, 3.05) is 11.5 Å². The van der Waals surface area contributed by atoms with Crippen molar-refractivity contribution < 1.29 is 0 Å². The third-order valence-electron chi connectivity index (χ3n) is 1.17. The molecule has 0 amide bonds. The number of hydrogen-bond acceptors (Lipinski definition) is 6. The van der Waals surface area contributed by atoms with Crippen molar-refractivity contribution in [3.8, 4) is 0 Å². The van der Waals surface area contributed by atoms with Gasteiger partial charge in [0.1, 0.15) is 0 Å². The Morgan fingerprint density at radius 1 is 0.643 bits per heavy atom. The van der Waals surface area contributed by atoms with Crippen LogP contribution in [0, 0.1) is 0 Å². The van der Waals surface area contributed by atoms with Crippen LogP contribution >= 0.6 is 0 Å². The first-order chi connectivity index (χ1) is 6.79. The summed E-state index contributed by atoms with van der Waals surface area (Å²) in [7, 11) is 0. The Morgan fingerprint density at radius 2 is 0.929 bits per heavy atom. The Kier molecular flexibility index (Phi) is 3.81. The molecule has 0 aliphatic heterocycles. The summed E-state index contributed by atoms with van der Waals surface area (Å²) in [6, 6.07) is 3.44. The normalized spacial score (nSPS) is 8.57. The van der Waals surface area contributed by atoms with Gasteiger partial charge in [-0.2, -0.15) is 0 Å². The molecule has 6 nitrogen and oxygen atoms in total. The van der Waals surface area contributed by atoms with Gasteiger partial charge in [0.05, 0.1) is 0 Å². The summed E-state index contributed by atoms with van der Waals surface area (Å²) in [6.45, 7) is 0. The second-order valence-corrected chi connectivity index (χ2v) is 2.21. The van der Waals surface area contributed by atoms with Gasteiger partial charge in [0.25, 0.3) is 0 Å². The minimum Gasteiger partial charge on any atom is -0.368 e. The van der Waals surface area contributed by atoms with Crippen molar-refractivity contribution in [1.29, 1.82) is 0 Å². The summed E-state index contributed by atoms with van der Waals surface area (Å²) < 4.78 is 0. The van der Waals surface area contributed by atoms with Gasteiger partial charge in [-0.3, -0.25) is 0 Å². The maximum absolute atomic E-state index is 5.14. The number of anilines is 2. The van der Waals surface area contributed by atoms with Gasteiger partial charge < -0.3 is 11.5 Å². The van der Waals surface area contributed by atoms with Crippen LogP contribution in [0.25, 0.3) is 0 Å². The number of rotatable bonds is 0. The van der Waals surface area contributed by atoms with E-state index >= 15 is 0 Å². The molecule has 72 valence electrons. The smallest absolute Gasteiger partial charge is 0.219 e. The topological polar surface area (TPSA) is 104 Å². The molecule has 0 saturated carbocycles. The number of nitrogens with zero attached hydrogens (tertiary/aromatic N) is 4. The molecule has 2 rings (SSSR count). The fraction of sp³-hybridized carbons (Fsp3) is 0. The molecule has 2 aromatic heterocycles. The number of nitrogen functional groups attached to an aromatic ring is 2. The zero-order valence-corrected chi connectivity index (χ0v) is 7.41. The molecule has 0 aliphatic carbocycles. The van der Waals surface area contributed by atoms with E-state index in [1.807, 2.05) is 0 Å². The van der Waals surface area contributed by atoms with Crippen LogP contribution in [0.2, 0.25) is 0 Å². The fourth-order valence-electron chi connectivity index (χ4n) is 0.621. The first-order valence-electron chi connectivity index (χ1n) is 3.84. The first-order valence-corrected chi connectivity index (χ1v) is 3.84. The van der Waals surface area contributed by atoms with Crippen LogP contribution in [0.1, 0.15) is 0 Å². The molecule has 0 unspecified atom stereocenters. The number of nitrogens with two attached hydrogens (primary N) is 2. The van der Waals surface area contributed by atoms with Crippen LogP contribution < -0.4 is 11.5 Å². The molecule has 0 bridgehead atoms. The maximum Gasteiger partial charge on any atom is 0.219 e. The largest absolute Gasteiger partial charge is 0.368 e. The summed E-state index contributed by atoms with van der Waals surface area (Å²) in [5.41, 5.74) is 10.3. The highest BCUT2D eigenvalue weighted by Gasteiger charge is 1.75. The van der Waals surface area contributed by atoms with Gasteiger partial charge in [0.15, 0.2) is 0 Å². The second kappa shape index (κ2) is 5.41. The highest BCUT2D eigenvalue weighted by Crippen LogP contribution is 1.82. The van der Waals surface area contributed by atoms with E-state index in [1.54, 1.807) is 36.9 Å². The Bertz CT molecular complexity index is 311. The quantitative estimate of drug-likeness (QED) is 0.611. The maximum atomic E-state index is 5.14. The average Bonchev–Trinajstić information content (AvgIpc) is 2.21. The van der Waals surface area contributed by atoms with Crippen LogP contribution in [0.4, 0.5) is 11.9 Å². The standard InChI is InChI=1S/2C4H5N3/c2*5-4-6-2-1-3-7-4/h2*1-3H,(H2,5,6,7). The summed E-state index contributed by atoms with van der Waals surface area (Å²) in [5.74, 6) is 0.644. The zero-order chi connectivity index (χ0) is 10.2. The van der Waals surface area contributed by atoms with E-state index in [0.717, 1.165) is 0 Å². The van der Waals surface area contributed by atoms with E-state index in [-0.39, 0.29) is 0 Å². The van der Waals surface area contributed by atoms with Crippen LogP contribution in [-0.4, -0.2) is 19.9 Å². The molecule has 4 N–H and O–H groups in total. The lowest BCUT2D eigenvalue weighted by Gasteiger charge is -1.82. The van der Waals surface area contributed by atoms with Crippen molar-refractivity contribution in [3.05, 3.63) is 36.9 Å². The van der Waals surface area contributed by atoms with Crippen LogP contribution in [0.5, 0.6) is 0 Å². The molecule has 0 saturated heterocycles. The zero-order valence-electron chi connectivity index (χ0n) is 7.41. The molecule has 2 heterocycles. The summed E-state index contributed by atoms with van der Waals surface area (Å²) in [6.07, 6.45) is 6.40. The van der Waals surface area contributed by atoms with Gasteiger partial charge in [-0.15, -0.1) is 0 Å². The SMILES string of the molecule is Nc1ncccn1.Nc1ncccn1. The lowest BCUT2D eigenvalue weighted by Crippen LogP contribution is -1.90. The molecule has 0 aliphatic rings. The van der Waals surface area contributed by atoms with Gasteiger partial charge in [0.2, 0.25) is 11.9 Å². The van der Waals surface area contributed by atoms with E-state index in [2.05, 4.69) is 19.9 Å². The number of aromatic nitrogens is 4. The summed E-state index contributed by atoms with van der Waals surface area (Å²) >= 11 is 0. The molecule has 0 aromatic carbocycles. The minimum atomic E-state index is 0.322. The van der Waals surface area contributed by atoms with Crippen molar-refractivity contribution >= 4 is 11.9 Å². The van der Waals surface area contributed by atoms with Gasteiger partial charge in [0, 0.05) is 24.8 Å². The Morgan fingerprint density at radius 3 is 1.07 bits per heavy atom. The van der Waals surface area contributed by atoms with Crippen molar-refractivity contribution in [3.63, 3.8) is 0 Å². The minimum absolute atomic E-state index is 0.322. The van der Waals surface area contributed by atoms with E-state index in [1.165, 1.54) is 0 Å². The molecule has 0 fully saturated rings. The molecule has 14 heavy (non-hydrogen) atoms. The predicted octanol–water partition coefficient (Wildman–Crippen LogP) is 0.118. The Balaban J connectivity index is 0.000000140. The molecular formula is C8H10N6. The van der Waals surface area contributed by atoms with E-state index < -0.39 is 0 Å². The first kappa shape index (κ1) is 9.85. The van der Waals surface area contributed by atoms with Crippen LogP contribution in [0.3, 0.4) is 0 Å². The average molecular weight is 190 g/mol. The number of hydrogen-bond donors (Lipinski definition) is 2. The lowest BCUT2D eigenvalue weighted by atomic mass is 10.7. The van der Waals surface area contributed by atoms with Gasteiger partial charge in [-0.1, -0.05) is 0 Å². The van der Waals surface area contributed by atoms with Crippen molar-refractivity contribution in [2.24, 2.45) is 0 Å². The highest BCUT2D eigenvalue weighted by atomic mass is 15.0. The van der Waals surface area contributed by atoms with Gasteiger partial charge >= 0.3 is 0 Å².